The fraction of sp³-hybridized carbons (Fsp3) is 0.241. The smallest absolute Gasteiger partial charge is 0.300 e. The molecular formula is C29H28ClNO6. The van der Waals surface area contributed by atoms with Crippen molar-refractivity contribution in [2.75, 3.05) is 25.2 Å². The third-order valence-electron chi connectivity index (χ3n) is 5.95. The SMILES string of the molecule is CCCOc1cccc(N2C(=O)C(=O)/C(=C(/O)c3ccc(Cl)c(OCC)c3)C2c2ccccc2OC)c1. The van der Waals surface area contributed by atoms with E-state index in [4.69, 9.17) is 25.8 Å². The first-order chi connectivity index (χ1) is 17.9. The van der Waals surface area contributed by atoms with Gasteiger partial charge in [-0.25, -0.2) is 0 Å². The second-order valence-corrected chi connectivity index (χ2v) is 8.74. The monoisotopic (exact) mass is 521 g/mol. The van der Waals surface area contributed by atoms with Crippen molar-refractivity contribution in [3.05, 3.63) is 88.5 Å². The summed E-state index contributed by atoms with van der Waals surface area (Å²) in [6, 6.07) is 17.8. The summed E-state index contributed by atoms with van der Waals surface area (Å²) in [7, 11) is 1.51. The molecule has 1 saturated heterocycles. The Morgan fingerprint density at radius 2 is 1.76 bits per heavy atom. The Bertz CT molecular complexity index is 1350. The van der Waals surface area contributed by atoms with Crippen LogP contribution in [0.25, 0.3) is 5.76 Å². The van der Waals surface area contributed by atoms with Crippen LogP contribution in [0.2, 0.25) is 5.02 Å². The average molecular weight is 522 g/mol. The summed E-state index contributed by atoms with van der Waals surface area (Å²) in [6.45, 7) is 4.69. The van der Waals surface area contributed by atoms with Gasteiger partial charge in [-0.05, 0) is 49.7 Å². The summed E-state index contributed by atoms with van der Waals surface area (Å²) in [6.07, 6.45) is 0.820. The number of aliphatic hydroxyl groups is 1. The van der Waals surface area contributed by atoms with Gasteiger partial charge in [-0.2, -0.15) is 0 Å². The molecule has 0 bridgehead atoms. The standard InChI is InChI=1S/C29H28ClNO6/c1-4-15-37-20-10-8-9-19(17-20)31-26(21-11-6-7-12-23(21)35-3)25(28(33)29(31)34)27(32)18-13-14-22(30)24(16-18)36-5-2/h6-14,16-17,26,32H,4-5,15H2,1-3H3/b27-25+. The molecular weight excluding hydrogens is 494 g/mol. The van der Waals surface area contributed by atoms with Crippen LogP contribution in [-0.2, 0) is 9.59 Å². The largest absolute Gasteiger partial charge is 0.507 e. The number of hydrogen-bond acceptors (Lipinski definition) is 6. The highest BCUT2D eigenvalue weighted by molar-refractivity contribution is 6.51. The van der Waals surface area contributed by atoms with Gasteiger partial charge < -0.3 is 19.3 Å². The molecule has 3 aromatic carbocycles. The Kier molecular flexibility index (Phi) is 8.04. The number of carbonyl (C=O) groups excluding carboxylic acids is 2. The summed E-state index contributed by atoms with van der Waals surface area (Å²) in [5.41, 5.74) is 1.23. The van der Waals surface area contributed by atoms with Gasteiger partial charge >= 0.3 is 0 Å². The minimum absolute atomic E-state index is 0.0702. The number of anilines is 1. The lowest BCUT2D eigenvalue weighted by Gasteiger charge is -2.27. The molecule has 1 aliphatic heterocycles. The molecule has 1 amide bonds. The molecule has 4 rings (SSSR count). The molecule has 0 aromatic heterocycles. The third-order valence-corrected chi connectivity index (χ3v) is 6.26. The number of carbonyl (C=O) groups is 2. The maximum absolute atomic E-state index is 13.5. The van der Waals surface area contributed by atoms with E-state index in [1.165, 1.54) is 12.0 Å². The van der Waals surface area contributed by atoms with E-state index in [0.29, 0.717) is 52.3 Å². The van der Waals surface area contributed by atoms with Gasteiger partial charge in [0.2, 0.25) is 0 Å². The lowest BCUT2D eigenvalue weighted by molar-refractivity contribution is -0.132. The molecule has 0 radical (unpaired) electrons. The summed E-state index contributed by atoms with van der Waals surface area (Å²) < 4.78 is 16.9. The fourth-order valence-corrected chi connectivity index (χ4v) is 4.47. The number of hydrogen-bond donors (Lipinski definition) is 1. The van der Waals surface area contributed by atoms with Crippen molar-refractivity contribution in [2.24, 2.45) is 0 Å². The number of benzene rings is 3. The maximum Gasteiger partial charge on any atom is 0.300 e. The van der Waals surface area contributed by atoms with Crippen molar-refractivity contribution in [3.8, 4) is 17.2 Å². The van der Waals surface area contributed by atoms with Gasteiger partial charge in [-0.1, -0.05) is 42.8 Å². The summed E-state index contributed by atoms with van der Waals surface area (Å²) in [4.78, 5) is 28.3. The summed E-state index contributed by atoms with van der Waals surface area (Å²) in [5, 5.41) is 11.8. The quantitative estimate of drug-likeness (QED) is 0.206. The van der Waals surface area contributed by atoms with Crippen molar-refractivity contribution in [1.29, 1.82) is 0 Å². The number of para-hydroxylation sites is 1. The van der Waals surface area contributed by atoms with Crippen molar-refractivity contribution >= 4 is 34.7 Å². The normalized spacial score (nSPS) is 16.6. The van der Waals surface area contributed by atoms with E-state index in [1.807, 2.05) is 13.8 Å². The molecule has 0 spiro atoms. The Hall–Kier alpha value is -3.97. The lowest BCUT2D eigenvalue weighted by Crippen LogP contribution is -2.29. The van der Waals surface area contributed by atoms with Crippen molar-refractivity contribution in [2.45, 2.75) is 26.3 Å². The van der Waals surface area contributed by atoms with Crippen LogP contribution >= 0.6 is 11.6 Å². The van der Waals surface area contributed by atoms with Crippen LogP contribution in [0.5, 0.6) is 17.2 Å². The minimum Gasteiger partial charge on any atom is -0.507 e. The Balaban J connectivity index is 1.93. The number of aliphatic hydroxyl groups excluding tert-OH is 1. The Morgan fingerprint density at radius 3 is 2.49 bits per heavy atom. The van der Waals surface area contributed by atoms with Gasteiger partial charge in [0.05, 0.1) is 37.0 Å². The molecule has 1 heterocycles. The topological polar surface area (TPSA) is 85.3 Å². The zero-order valence-corrected chi connectivity index (χ0v) is 21.6. The molecule has 1 atom stereocenters. The number of amides is 1. The average Bonchev–Trinajstić information content (AvgIpc) is 3.18. The van der Waals surface area contributed by atoms with Crippen LogP contribution in [0.1, 0.15) is 37.4 Å². The van der Waals surface area contributed by atoms with E-state index in [9.17, 15) is 14.7 Å². The molecule has 0 aliphatic carbocycles. The lowest BCUT2D eigenvalue weighted by atomic mass is 9.94. The number of methoxy groups -OCH3 is 1. The molecule has 0 saturated carbocycles. The van der Waals surface area contributed by atoms with E-state index < -0.39 is 17.7 Å². The van der Waals surface area contributed by atoms with Crippen LogP contribution in [0.15, 0.2) is 72.3 Å². The van der Waals surface area contributed by atoms with Crippen LogP contribution in [0.3, 0.4) is 0 Å². The van der Waals surface area contributed by atoms with Gasteiger partial charge in [0.25, 0.3) is 11.7 Å². The van der Waals surface area contributed by atoms with Crippen LogP contribution < -0.4 is 19.1 Å². The molecule has 8 heteroatoms. The van der Waals surface area contributed by atoms with E-state index >= 15 is 0 Å². The van der Waals surface area contributed by atoms with E-state index in [1.54, 1.807) is 66.7 Å². The predicted molar refractivity (Wildman–Crippen MR) is 143 cm³/mol. The highest BCUT2D eigenvalue weighted by atomic mass is 35.5. The Labute approximate surface area is 220 Å². The maximum atomic E-state index is 13.5. The van der Waals surface area contributed by atoms with Crippen molar-refractivity contribution in [3.63, 3.8) is 0 Å². The number of halogens is 1. The van der Waals surface area contributed by atoms with Gasteiger partial charge in [-0.15, -0.1) is 0 Å². The predicted octanol–water partition coefficient (Wildman–Crippen LogP) is 6.16. The molecule has 1 fully saturated rings. The molecule has 37 heavy (non-hydrogen) atoms. The molecule has 1 unspecified atom stereocenters. The molecule has 1 aliphatic rings. The number of ketones is 1. The zero-order chi connectivity index (χ0) is 26.5. The number of Topliss-reactive ketones (excluding diaryl/α,β-unsaturated/α-hetero) is 1. The number of rotatable bonds is 9. The van der Waals surface area contributed by atoms with Gasteiger partial charge in [-0.3, -0.25) is 14.5 Å². The molecule has 192 valence electrons. The van der Waals surface area contributed by atoms with Crippen LogP contribution in [-0.4, -0.2) is 37.1 Å². The van der Waals surface area contributed by atoms with E-state index in [0.717, 1.165) is 6.42 Å². The molecule has 7 nitrogen and oxygen atoms in total. The van der Waals surface area contributed by atoms with Crippen LogP contribution in [0, 0.1) is 0 Å². The first kappa shape index (κ1) is 26.1. The number of nitrogens with zero attached hydrogens (tertiary/aromatic N) is 1. The highest BCUT2D eigenvalue weighted by Crippen LogP contribution is 2.45. The van der Waals surface area contributed by atoms with Crippen LogP contribution in [0.4, 0.5) is 5.69 Å². The second-order valence-electron chi connectivity index (χ2n) is 8.34. The first-order valence-electron chi connectivity index (χ1n) is 12.0. The zero-order valence-electron chi connectivity index (χ0n) is 20.9. The van der Waals surface area contributed by atoms with E-state index in [2.05, 4.69) is 0 Å². The Morgan fingerprint density at radius 1 is 0.973 bits per heavy atom. The number of ether oxygens (including phenoxy) is 3. The van der Waals surface area contributed by atoms with Gasteiger partial charge in [0, 0.05) is 22.9 Å². The summed E-state index contributed by atoms with van der Waals surface area (Å²) in [5.74, 6) is -0.538. The van der Waals surface area contributed by atoms with Crippen molar-refractivity contribution < 1.29 is 28.9 Å². The minimum atomic E-state index is -0.955. The fourth-order valence-electron chi connectivity index (χ4n) is 4.30. The first-order valence-corrected chi connectivity index (χ1v) is 12.4. The van der Waals surface area contributed by atoms with Gasteiger partial charge in [0.15, 0.2) is 0 Å². The van der Waals surface area contributed by atoms with E-state index in [-0.39, 0.29) is 11.3 Å². The molecule has 3 aromatic rings. The third kappa shape index (κ3) is 5.13. The summed E-state index contributed by atoms with van der Waals surface area (Å²) >= 11 is 6.23. The molecule has 1 N–H and O–H groups in total. The van der Waals surface area contributed by atoms with Crippen molar-refractivity contribution in [1.82, 2.24) is 0 Å². The second kappa shape index (κ2) is 11.4. The van der Waals surface area contributed by atoms with Gasteiger partial charge in [0.1, 0.15) is 23.0 Å². The highest BCUT2D eigenvalue weighted by Gasteiger charge is 2.48.